The number of ether oxygens (including phenoxy) is 2. The number of thiazole rings is 1. The van der Waals surface area contributed by atoms with Gasteiger partial charge in [0.15, 0.2) is 0 Å². The van der Waals surface area contributed by atoms with Crippen LogP contribution < -0.4 is 15.6 Å². The Morgan fingerprint density at radius 1 is 0.935 bits per heavy atom. The quantitative estimate of drug-likeness (QED) is 0.190. The van der Waals surface area contributed by atoms with E-state index in [2.05, 4.69) is 10.3 Å². The van der Waals surface area contributed by atoms with Crippen molar-refractivity contribution >= 4 is 17.4 Å². The van der Waals surface area contributed by atoms with Crippen molar-refractivity contribution in [2.24, 2.45) is 5.92 Å². The molecule has 3 aliphatic rings. The van der Waals surface area contributed by atoms with Crippen molar-refractivity contribution in [1.29, 1.82) is 0 Å². The minimum absolute atomic E-state index is 0.170. The fraction of sp³-hybridized carbons (Fsp3) is 0.278. The van der Waals surface area contributed by atoms with Crippen molar-refractivity contribution < 1.29 is 18.7 Å². The number of aromatic nitrogens is 3. The van der Waals surface area contributed by atoms with Crippen LogP contribution >= 0.6 is 11.3 Å². The predicted molar refractivity (Wildman–Crippen MR) is 173 cm³/mol. The molecule has 3 unspecified atom stereocenters. The molecule has 2 aliphatic heterocycles. The van der Waals surface area contributed by atoms with E-state index in [9.17, 15) is 14.0 Å². The SMILES string of the molecule is O=C(NC1CC2CCC1c1nc(-c3ncc(Cc4ccc(F)cc4)s3)c(OCc3ccccc3)c(=O)n1C2)OCc1ccccc1. The number of carbonyl (C=O) groups is 1. The Morgan fingerprint density at radius 3 is 2.39 bits per heavy atom. The molecular weight excluding hydrogens is 603 g/mol. The summed E-state index contributed by atoms with van der Waals surface area (Å²) < 4.78 is 27.0. The number of hydrogen-bond donors (Lipinski definition) is 1. The Hall–Kier alpha value is -4.83. The minimum Gasteiger partial charge on any atom is -0.481 e. The number of rotatable bonds is 9. The molecule has 0 radical (unpaired) electrons. The third-order valence-corrected chi connectivity index (χ3v) is 9.68. The smallest absolute Gasteiger partial charge is 0.407 e. The minimum atomic E-state index is -0.483. The molecule has 8 rings (SSSR count). The zero-order valence-corrected chi connectivity index (χ0v) is 25.9. The zero-order chi connectivity index (χ0) is 31.5. The lowest BCUT2D eigenvalue weighted by molar-refractivity contribution is 0.128. The molecule has 1 fully saturated rings. The van der Waals surface area contributed by atoms with Gasteiger partial charge < -0.3 is 14.8 Å². The summed E-state index contributed by atoms with van der Waals surface area (Å²) >= 11 is 1.44. The fourth-order valence-corrected chi connectivity index (χ4v) is 7.32. The molecular formula is C36H33FN4O4S. The molecule has 8 nitrogen and oxygen atoms in total. The number of carbonyl (C=O) groups excluding carboxylic acids is 1. The Balaban J connectivity index is 1.20. The first-order valence-electron chi connectivity index (χ1n) is 15.5. The molecule has 3 atom stereocenters. The second-order valence-corrected chi connectivity index (χ2v) is 13.0. The summed E-state index contributed by atoms with van der Waals surface area (Å²) in [6.45, 7) is 0.894. The van der Waals surface area contributed by atoms with E-state index in [1.165, 1.54) is 23.5 Å². The summed E-state index contributed by atoms with van der Waals surface area (Å²) in [4.78, 5) is 37.9. The molecule has 234 valence electrons. The molecule has 0 saturated heterocycles. The van der Waals surface area contributed by atoms with Gasteiger partial charge in [-0.1, -0.05) is 72.8 Å². The largest absolute Gasteiger partial charge is 0.481 e. The van der Waals surface area contributed by atoms with Gasteiger partial charge in [0.25, 0.3) is 5.56 Å². The van der Waals surface area contributed by atoms with Crippen LogP contribution in [-0.4, -0.2) is 26.7 Å². The Kier molecular flexibility index (Phi) is 8.61. The van der Waals surface area contributed by atoms with E-state index in [0.717, 1.165) is 40.8 Å². The van der Waals surface area contributed by atoms with Crippen LogP contribution in [-0.2, 0) is 30.9 Å². The Labute approximate surface area is 269 Å². The molecule has 5 aromatic rings. The fourth-order valence-electron chi connectivity index (χ4n) is 6.39. The topological polar surface area (TPSA) is 95.3 Å². The van der Waals surface area contributed by atoms with Gasteiger partial charge in [0.1, 0.15) is 35.6 Å². The maximum absolute atomic E-state index is 14.2. The van der Waals surface area contributed by atoms with Crippen molar-refractivity contribution in [1.82, 2.24) is 19.9 Å². The molecule has 3 aromatic carbocycles. The number of alkyl carbamates (subject to hydrolysis) is 1. The van der Waals surface area contributed by atoms with E-state index in [1.54, 1.807) is 22.9 Å². The van der Waals surface area contributed by atoms with E-state index in [-0.39, 0.29) is 48.2 Å². The standard InChI is InChI=1S/C36H33FN4O4S/c37-27-14-11-23(12-15-27)17-28-19-38-34(46-28)31-32(44-21-24-7-3-1-4-8-24)35(42)41-20-26-13-16-29(33(41)40-31)30(18-26)39-36(43)45-22-25-9-5-2-6-10-25/h1-12,14-15,19,26,29-30H,13,16-18,20-22H2,(H,39,43). The van der Waals surface area contributed by atoms with Gasteiger partial charge in [-0.2, -0.15) is 0 Å². The average Bonchev–Trinajstić information content (AvgIpc) is 3.40. The molecule has 1 saturated carbocycles. The molecule has 1 aliphatic carbocycles. The lowest BCUT2D eigenvalue weighted by Gasteiger charge is -2.32. The summed E-state index contributed by atoms with van der Waals surface area (Å²) in [7, 11) is 0. The highest BCUT2D eigenvalue weighted by atomic mass is 32.1. The number of benzene rings is 3. The highest BCUT2D eigenvalue weighted by Crippen LogP contribution is 2.41. The molecule has 2 bridgehead atoms. The van der Waals surface area contributed by atoms with Crippen LogP contribution in [0.1, 0.15) is 52.6 Å². The van der Waals surface area contributed by atoms with Crippen molar-refractivity contribution in [2.75, 3.05) is 0 Å². The molecule has 1 amide bonds. The number of hydrogen-bond acceptors (Lipinski definition) is 7. The number of amides is 1. The summed E-state index contributed by atoms with van der Waals surface area (Å²) in [5.41, 5.74) is 2.96. The van der Waals surface area contributed by atoms with Gasteiger partial charge in [-0.15, -0.1) is 11.3 Å². The first-order chi connectivity index (χ1) is 22.5. The van der Waals surface area contributed by atoms with E-state index >= 15 is 0 Å². The molecule has 0 spiro atoms. The van der Waals surface area contributed by atoms with E-state index < -0.39 is 6.09 Å². The maximum Gasteiger partial charge on any atom is 0.407 e. The third-order valence-electron chi connectivity index (χ3n) is 8.68. The van der Waals surface area contributed by atoms with Crippen molar-refractivity contribution in [3.05, 3.63) is 135 Å². The van der Waals surface area contributed by atoms with Crippen LogP contribution in [0.4, 0.5) is 9.18 Å². The van der Waals surface area contributed by atoms with E-state index in [4.69, 9.17) is 14.5 Å². The summed E-state index contributed by atoms with van der Waals surface area (Å²) in [5.74, 6) is 0.553. The van der Waals surface area contributed by atoms with Crippen LogP contribution in [0.5, 0.6) is 5.75 Å². The molecule has 46 heavy (non-hydrogen) atoms. The van der Waals surface area contributed by atoms with Gasteiger partial charge >= 0.3 is 6.09 Å². The average molecular weight is 637 g/mol. The lowest BCUT2D eigenvalue weighted by Crippen LogP contribution is -2.42. The normalized spacial score (nSPS) is 18.4. The Morgan fingerprint density at radius 2 is 1.65 bits per heavy atom. The van der Waals surface area contributed by atoms with E-state index in [1.807, 2.05) is 60.7 Å². The Bertz CT molecular complexity index is 1880. The molecule has 4 heterocycles. The van der Waals surface area contributed by atoms with Gasteiger partial charge in [0.2, 0.25) is 5.75 Å². The number of nitrogens with one attached hydrogen (secondary N) is 1. The maximum atomic E-state index is 14.2. The number of halogens is 1. The van der Waals surface area contributed by atoms with Crippen LogP contribution in [0.15, 0.2) is 95.9 Å². The van der Waals surface area contributed by atoms with Crippen molar-refractivity contribution in [3.63, 3.8) is 0 Å². The molecule has 2 aromatic heterocycles. The first-order valence-corrected chi connectivity index (χ1v) is 16.3. The third kappa shape index (κ3) is 6.57. The van der Waals surface area contributed by atoms with Gasteiger partial charge in [-0.25, -0.2) is 19.2 Å². The van der Waals surface area contributed by atoms with Gasteiger partial charge in [-0.3, -0.25) is 9.36 Å². The van der Waals surface area contributed by atoms with Gasteiger partial charge in [0, 0.05) is 36.0 Å². The van der Waals surface area contributed by atoms with Crippen molar-refractivity contribution in [3.8, 4) is 16.5 Å². The highest BCUT2D eigenvalue weighted by molar-refractivity contribution is 7.15. The molecule has 1 N–H and O–H groups in total. The van der Waals surface area contributed by atoms with Crippen LogP contribution in [0.3, 0.4) is 0 Å². The monoisotopic (exact) mass is 636 g/mol. The summed E-state index contributed by atoms with van der Waals surface area (Å²) in [6.07, 6.45) is 4.31. The first kappa shape index (κ1) is 29.9. The van der Waals surface area contributed by atoms with Crippen molar-refractivity contribution in [2.45, 2.75) is 57.4 Å². The van der Waals surface area contributed by atoms with Crippen LogP contribution in [0.2, 0.25) is 0 Å². The predicted octanol–water partition coefficient (Wildman–Crippen LogP) is 6.87. The second-order valence-electron chi connectivity index (χ2n) is 11.9. The zero-order valence-electron chi connectivity index (χ0n) is 25.1. The van der Waals surface area contributed by atoms with E-state index in [0.29, 0.717) is 29.5 Å². The second kappa shape index (κ2) is 13.3. The summed E-state index contributed by atoms with van der Waals surface area (Å²) in [6, 6.07) is 25.4. The number of fused-ring (bicyclic) bond motifs is 2. The highest BCUT2D eigenvalue weighted by Gasteiger charge is 2.40. The summed E-state index contributed by atoms with van der Waals surface area (Å²) in [5, 5.41) is 3.66. The van der Waals surface area contributed by atoms with Crippen LogP contribution in [0, 0.1) is 11.7 Å². The van der Waals surface area contributed by atoms with Gasteiger partial charge in [-0.05, 0) is 54.0 Å². The van der Waals surface area contributed by atoms with Crippen LogP contribution in [0.25, 0.3) is 10.7 Å². The number of nitrogens with zero attached hydrogens (tertiary/aromatic N) is 3. The van der Waals surface area contributed by atoms with Gasteiger partial charge in [0.05, 0.1) is 0 Å². The molecule has 10 heteroatoms. The lowest BCUT2D eigenvalue weighted by atomic mass is 9.79.